The molecule has 1 unspecified atom stereocenters. The first-order chi connectivity index (χ1) is 25.7. The van der Waals surface area contributed by atoms with Crippen molar-refractivity contribution in [1.82, 2.24) is 19.1 Å². The van der Waals surface area contributed by atoms with E-state index < -0.39 is 0 Å². The Morgan fingerprint density at radius 2 is 1.23 bits per heavy atom. The molecule has 0 N–H and O–H groups in total. The number of hydrogen-bond acceptors (Lipinski definition) is 3. The maximum Gasteiger partial charge on any atom is 0.160 e. The average Bonchev–Trinajstić information content (AvgIpc) is 3.85. The first-order valence-corrected chi connectivity index (χ1v) is 18.7. The SMILES string of the molecule is CC1C=Cc2c(n(-c3ccc(-c4nc(-c5ccc6c(c5)c5ccccc5n6-c5ccccc5)nc5c4sc4ccccc45)cc3)c3ccccc23)C1. The van der Waals surface area contributed by atoms with Crippen LogP contribution in [-0.4, -0.2) is 19.1 Å². The lowest BCUT2D eigenvalue weighted by Crippen LogP contribution is -2.08. The van der Waals surface area contributed by atoms with E-state index in [0.717, 1.165) is 45.0 Å². The maximum atomic E-state index is 5.39. The summed E-state index contributed by atoms with van der Waals surface area (Å²) in [4.78, 5) is 10.7. The lowest BCUT2D eigenvalue weighted by atomic mass is 9.95. The van der Waals surface area contributed by atoms with Crippen molar-refractivity contribution in [3.05, 3.63) is 163 Å². The Morgan fingerprint density at radius 1 is 0.577 bits per heavy atom. The third kappa shape index (κ3) is 4.39. The van der Waals surface area contributed by atoms with Crippen LogP contribution in [0.2, 0.25) is 0 Å². The van der Waals surface area contributed by atoms with E-state index in [0.29, 0.717) is 5.92 Å². The number of thiophene rings is 1. The highest BCUT2D eigenvalue weighted by molar-refractivity contribution is 7.26. The summed E-state index contributed by atoms with van der Waals surface area (Å²) in [7, 11) is 0. The van der Waals surface area contributed by atoms with Crippen molar-refractivity contribution in [2.24, 2.45) is 5.92 Å². The number of rotatable bonds is 4. The lowest BCUT2D eigenvalue weighted by Gasteiger charge is -2.17. The largest absolute Gasteiger partial charge is 0.313 e. The molecule has 0 radical (unpaired) electrons. The van der Waals surface area contributed by atoms with Crippen LogP contribution in [0.3, 0.4) is 0 Å². The molecule has 0 amide bonds. The first kappa shape index (κ1) is 29.4. The summed E-state index contributed by atoms with van der Waals surface area (Å²) in [5.74, 6) is 1.24. The summed E-state index contributed by atoms with van der Waals surface area (Å²) >= 11 is 1.77. The number of nitrogens with zero attached hydrogens (tertiary/aromatic N) is 4. The Morgan fingerprint density at radius 3 is 2.06 bits per heavy atom. The summed E-state index contributed by atoms with van der Waals surface area (Å²) in [6.07, 6.45) is 5.67. The number of aromatic nitrogens is 4. The quantitative estimate of drug-likeness (QED) is 0.185. The molecular formula is C47H32N4S. The minimum atomic E-state index is 0.504. The van der Waals surface area contributed by atoms with Crippen LogP contribution in [-0.2, 0) is 6.42 Å². The monoisotopic (exact) mass is 684 g/mol. The van der Waals surface area contributed by atoms with E-state index >= 15 is 0 Å². The van der Waals surface area contributed by atoms with E-state index in [4.69, 9.17) is 9.97 Å². The molecule has 1 atom stereocenters. The molecule has 4 aromatic heterocycles. The molecule has 246 valence electrons. The van der Waals surface area contributed by atoms with Gasteiger partial charge in [0.1, 0.15) is 0 Å². The molecule has 4 heterocycles. The summed E-state index contributed by atoms with van der Waals surface area (Å²) in [5, 5.41) is 4.87. The minimum absolute atomic E-state index is 0.504. The average molecular weight is 685 g/mol. The molecule has 10 aromatic rings. The van der Waals surface area contributed by atoms with E-state index in [1.165, 1.54) is 59.7 Å². The third-order valence-electron chi connectivity index (χ3n) is 10.7. The molecule has 1 aliphatic carbocycles. The molecule has 52 heavy (non-hydrogen) atoms. The Hall–Kier alpha value is -6.30. The van der Waals surface area contributed by atoms with E-state index in [1.54, 1.807) is 11.3 Å². The van der Waals surface area contributed by atoms with Gasteiger partial charge in [-0.15, -0.1) is 11.3 Å². The minimum Gasteiger partial charge on any atom is -0.313 e. The Bertz CT molecular complexity index is 3050. The summed E-state index contributed by atoms with van der Waals surface area (Å²) < 4.78 is 7.13. The van der Waals surface area contributed by atoms with E-state index in [2.05, 4.69) is 174 Å². The van der Waals surface area contributed by atoms with Gasteiger partial charge < -0.3 is 9.13 Å². The van der Waals surface area contributed by atoms with Gasteiger partial charge >= 0.3 is 0 Å². The Balaban J connectivity index is 1.10. The molecule has 0 aliphatic heterocycles. The molecule has 4 nitrogen and oxygen atoms in total. The molecule has 0 fully saturated rings. The van der Waals surface area contributed by atoms with Gasteiger partial charge in [-0.3, -0.25) is 0 Å². The molecule has 0 bridgehead atoms. The van der Waals surface area contributed by atoms with Crippen molar-refractivity contribution in [2.75, 3.05) is 0 Å². The van der Waals surface area contributed by atoms with Crippen LogP contribution in [0.15, 0.2) is 152 Å². The topological polar surface area (TPSA) is 35.6 Å². The molecule has 11 rings (SSSR count). The highest BCUT2D eigenvalue weighted by Crippen LogP contribution is 2.41. The van der Waals surface area contributed by atoms with Gasteiger partial charge in [-0.05, 0) is 73.0 Å². The molecule has 0 spiro atoms. The molecule has 1 aliphatic rings. The molecule has 0 saturated heterocycles. The van der Waals surface area contributed by atoms with Gasteiger partial charge in [0, 0.05) is 60.0 Å². The second kappa shape index (κ2) is 11.4. The Kier molecular flexibility index (Phi) is 6.43. The fourth-order valence-corrected chi connectivity index (χ4v) is 9.44. The molecule has 6 aromatic carbocycles. The smallest absolute Gasteiger partial charge is 0.160 e. The summed E-state index contributed by atoms with van der Waals surface area (Å²) in [5.41, 5.74) is 12.7. The molecule has 0 saturated carbocycles. The fraction of sp³-hybridized carbons (Fsp3) is 0.0638. The van der Waals surface area contributed by atoms with Gasteiger partial charge in [0.15, 0.2) is 5.82 Å². The van der Waals surface area contributed by atoms with Gasteiger partial charge in [0.25, 0.3) is 0 Å². The van der Waals surface area contributed by atoms with Gasteiger partial charge in [0.2, 0.25) is 0 Å². The van der Waals surface area contributed by atoms with Crippen LogP contribution < -0.4 is 0 Å². The first-order valence-electron chi connectivity index (χ1n) is 17.9. The van der Waals surface area contributed by atoms with Gasteiger partial charge in [0.05, 0.1) is 32.5 Å². The number of benzene rings is 6. The van der Waals surface area contributed by atoms with E-state index in [-0.39, 0.29) is 0 Å². The number of hydrogen-bond donors (Lipinski definition) is 0. The van der Waals surface area contributed by atoms with Crippen molar-refractivity contribution < 1.29 is 0 Å². The standard InChI is InChI=1S/C47H32N4S/c1-29-19-25-36-34-13-5-8-16-39(34)51(42(36)27-29)33-23-20-30(21-24-33)44-46-45(37-15-7-10-18-43(37)52-46)49-47(48-44)31-22-26-41-38(28-31)35-14-6-9-17-40(35)50(41)32-11-3-2-4-12-32/h2-26,28-29H,27H2,1H3. The zero-order valence-electron chi connectivity index (χ0n) is 28.5. The van der Waals surface area contributed by atoms with Gasteiger partial charge in [-0.2, -0.15) is 0 Å². The van der Waals surface area contributed by atoms with Crippen molar-refractivity contribution in [1.29, 1.82) is 0 Å². The normalized spacial score (nSPS) is 14.3. The highest BCUT2D eigenvalue weighted by Gasteiger charge is 2.22. The van der Waals surface area contributed by atoms with E-state index in [9.17, 15) is 0 Å². The summed E-state index contributed by atoms with van der Waals surface area (Å²) in [6.45, 7) is 2.30. The van der Waals surface area contributed by atoms with Crippen LogP contribution in [0, 0.1) is 5.92 Å². The van der Waals surface area contributed by atoms with Crippen LogP contribution >= 0.6 is 11.3 Å². The van der Waals surface area contributed by atoms with Crippen molar-refractivity contribution in [3.63, 3.8) is 0 Å². The van der Waals surface area contributed by atoms with Crippen molar-refractivity contribution >= 4 is 70.4 Å². The highest BCUT2D eigenvalue weighted by atomic mass is 32.1. The van der Waals surface area contributed by atoms with Crippen LogP contribution in [0.5, 0.6) is 0 Å². The van der Waals surface area contributed by atoms with Gasteiger partial charge in [-0.1, -0.05) is 104 Å². The number of allylic oxidation sites excluding steroid dienone is 1. The second-order valence-corrected chi connectivity index (χ2v) is 14.9. The number of para-hydroxylation sites is 3. The van der Waals surface area contributed by atoms with Crippen molar-refractivity contribution in [2.45, 2.75) is 13.3 Å². The fourth-order valence-electron chi connectivity index (χ4n) is 8.28. The van der Waals surface area contributed by atoms with E-state index in [1.807, 2.05) is 0 Å². The zero-order chi connectivity index (χ0) is 34.3. The van der Waals surface area contributed by atoms with Crippen LogP contribution in [0.25, 0.3) is 93.1 Å². The Labute approximate surface area is 304 Å². The molecular weight excluding hydrogens is 653 g/mol. The maximum absolute atomic E-state index is 5.39. The predicted molar refractivity (Wildman–Crippen MR) is 219 cm³/mol. The predicted octanol–water partition coefficient (Wildman–Crippen LogP) is 12.4. The number of fused-ring (bicyclic) bond motifs is 9. The molecule has 5 heteroatoms. The zero-order valence-corrected chi connectivity index (χ0v) is 29.3. The third-order valence-corrected chi connectivity index (χ3v) is 11.9. The lowest BCUT2D eigenvalue weighted by molar-refractivity contribution is 0.690. The summed E-state index contributed by atoms with van der Waals surface area (Å²) in [6, 6.07) is 52.3. The van der Waals surface area contributed by atoms with Crippen molar-refractivity contribution in [3.8, 4) is 34.0 Å². The second-order valence-electron chi connectivity index (χ2n) is 13.9. The van der Waals surface area contributed by atoms with Gasteiger partial charge in [-0.25, -0.2) is 9.97 Å². The van der Waals surface area contributed by atoms with Crippen LogP contribution in [0.1, 0.15) is 18.2 Å². The van der Waals surface area contributed by atoms with Crippen LogP contribution in [0.4, 0.5) is 0 Å².